The smallest absolute Gasteiger partial charge is 0.269 e. The van der Waals surface area contributed by atoms with Crippen LogP contribution in [0.4, 0.5) is 0 Å². The van der Waals surface area contributed by atoms with Gasteiger partial charge in [-0.3, -0.25) is 4.68 Å². The first-order valence-electron chi connectivity index (χ1n) is 9.44. The van der Waals surface area contributed by atoms with Gasteiger partial charge in [0.05, 0.1) is 11.1 Å². The van der Waals surface area contributed by atoms with Crippen LogP contribution in [0.5, 0.6) is 0 Å². The lowest BCUT2D eigenvalue weighted by Crippen LogP contribution is -2.12. The molecule has 4 rings (SSSR count). The van der Waals surface area contributed by atoms with Crippen LogP contribution in [0.2, 0.25) is 0 Å². The molecule has 8 heteroatoms. The van der Waals surface area contributed by atoms with Crippen LogP contribution in [-0.2, 0) is 17.1 Å². The molecule has 0 aliphatic rings. The van der Waals surface area contributed by atoms with E-state index in [2.05, 4.69) is 17.0 Å². The van der Waals surface area contributed by atoms with Gasteiger partial charge in [-0.05, 0) is 30.4 Å². The second-order valence-corrected chi connectivity index (χ2v) is 9.79. The van der Waals surface area contributed by atoms with Crippen LogP contribution in [0.1, 0.15) is 19.8 Å². The minimum atomic E-state index is -3.76. The fourth-order valence-corrected chi connectivity index (χ4v) is 5.50. The molecule has 0 fully saturated rings. The molecule has 0 saturated heterocycles. The first-order chi connectivity index (χ1) is 14.0. The third-order valence-electron chi connectivity index (χ3n) is 4.67. The Labute approximate surface area is 174 Å². The topological polar surface area (TPSA) is 69.8 Å². The van der Waals surface area contributed by atoms with Crippen LogP contribution in [0.25, 0.3) is 22.2 Å². The van der Waals surface area contributed by atoms with Crippen molar-refractivity contribution in [1.82, 2.24) is 18.7 Å². The van der Waals surface area contributed by atoms with Gasteiger partial charge in [-0.1, -0.05) is 31.5 Å². The van der Waals surface area contributed by atoms with Crippen molar-refractivity contribution in [3.05, 3.63) is 61.2 Å². The van der Waals surface area contributed by atoms with Crippen LogP contribution in [-0.4, -0.2) is 32.9 Å². The van der Waals surface area contributed by atoms with E-state index in [-0.39, 0.29) is 4.90 Å². The van der Waals surface area contributed by atoms with Gasteiger partial charge in [0, 0.05) is 47.0 Å². The maximum Gasteiger partial charge on any atom is 0.269 e. The number of aromatic nitrogens is 4. The van der Waals surface area contributed by atoms with Crippen LogP contribution < -0.4 is 0 Å². The minimum Gasteiger partial charge on any atom is -0.275 e. The molecule has 150 valence electrons. The summed E-state index contributed by atoms with van der Waals surface area (Å²) in [5.41, 5.74) is 2.09. The van der Waals surface area contributed by atoms with E-state index in [0.29, 0.717) is 5.65 Å². The van der Waals surface area contributed by atoms with Gasteiger partial charge in [-0.2, -0.15) is 5.10 Å². The first kappa shape index (κ1) is 19.7. The highest BCUT2D eigenvalue weighted by Gasteiger charge is 2.23. The van der Waals surface area contributed by atoms with Crippen molar-refractivity contribution in [3.63, 3.8) is 0 Å². The molecule has 3 heterocycles. The minimum absolute atomic E-state index is 0.234. The molecule has 0 radical (unpaired) electrons. The number of benzene rings is 1. The number of hydrogen-bond acceptors (Lipinski definition) is 5. The SMILES string of the molecule is CCCCSc1cnc2c(c1)c(-c1cnn(C)c1)cn2S(=O)(=O)c1ccccc1. The summed E-state index contributed by atoms with van der Waals surface area (Å²) in [7, 11) is -1.92. The van der Waals surface area contributed by atoms with Gasteiger partial charge in [0.2, 0.25) is 0 Å². The molecule has 0 unspecified atom stereocenters. The van der Waals surface area contributed by atoms with E-state index >= 15 is 0 Å². The molecule has 3 aromatic heterocycles. The third kappa shape index (κ3) is 3.82. The van der Waals surface area contributed by atoms with Crippen LogP contribution in [0.15, 0.2) is 71.0 Å². The highest BCUT2D eigenvalue weighted by molar-refractivity contribution is 7.99. The molecule has 0 aliphatic carbocycles. The number of fused-ring (bicyclic) bond motifs is 1. The van der Waals surface area contributed by atoms with E-state index in [4.69, 9.17) is 0 Å². The molecule has 1 aromatic carbocycles. The Bertz CT molecular complexity index is 1240. The summed E-state index contributed by atoms with van der Waals surface area (Å²) in [6.07, 6.45) is 9.29. The molecular formula is C21H22N4O2S2. The second-order valence-electron chi connectivity index (χ2n) is 6.80. The molecule has 0 bridgehead atoms. The predicted octanol–water partition coefficient (Wildman–Crippen LogP) is 4.57. The highest BCUT2D eigenvalue weighted by Crippen LogP contribution is 2.34. The van der Waals surface area contributed by atoms with Crippen LogP contribution in [0.3, 0.4) is 0 Å². The number of rotatable bonds is 7. The van der Waals surface area contributed by atoms with Gasteiger partial charge in [0.25, 0.3) is 10.0 Å². The largest absolute Gasteiger partial charge is 0.275 e. The van der Waals surface area contributed by atoms with Crippen molar-refractivity contribution in [2.75, 3.05) is 5.75 Å². The summed E-state index contributed by atoms with van der Waals surface area (Å²) in [5, 5.41) is 5.05. The van der Waals surface area contributed by atoms with Crippen LogP contribution >= 0.6 is 11.8 Å². The fraction of sp³-hybridized carbons (Fsp3) is 0.238. The van der Waals surface area contributed by atoms with E-state index in [1.165, 1.54) is 3.97 Å². The molecule has 29 heavy (non-hydrogen) atoms. The molecule has 0 atom stereocenters. The molecular weight excluding hydrogens is 404 g/mol. The van der Waals surface area contributed by atoms with Gasteiger partial charge in [0.1, 0.15) is 0 Å². The molecule has 0 aliphatic heterocycles. The van der Waals surface area contributed by atoms with Gasteiger partial charge in [-0.15, -0.1) is 11.8 Å². The highest BCUT2D eigenvalue weighted by atomic mass is 32.2. The predicted molar refractivity (Wildman–Crippen MR) is 117 cm³/mol. The summed E-state index contributed by atoms with van der Waals surface area (Å²) in [6, 6.07) is 10.5. The summed E-state index contributed by atoms with van der Waals surface area (Å²) >= 11 is 1.74. The number of hydrogen-bond donors (Lipinski definition) is 0. The Morgan fingerprint density at radius 1 is 1.10 bits per heavy atom. The average molecular weight is 427 g/mol. The average Bonchev–Trinajstić information content (AvgIpc) is 3.32. The van der Waals surface area contributed by atoms with E-state index in [1.807, 2.05) is 19.3 Å². The summed E-state index contributed by atoms with van der Waals surface area (Å²) in [5.74, 6) is 1.01. The van der Waals surface area contributed by atoms with E-state index in [1.54, 1.807) is 65.4 Å². The Morgan fingerprint density at radius 3 is 2.59 bits per heavy atom. The molecule has 0 amide bonds. The van der Waals surface area contributed by atoms with Gasteiger partial charge < -0.3 is 0 Å². The normalized spacial score (nSPS) is 11.9. The Morgan fingerprint density at radius 2 is 1.90 bits per heavy atom. The number of pyridine rings is 1. The summed E-state index contributed by atoms with van der Waals surface area (Å²) < 4.78 is 29.6. The van der Waals surface area contributed by atoms with Crippen LogP contribution in [0, 0.1) is 0 Å². The molecule has 0 saturated carbocycles. The maximum atomic E-state index is 13.3. The quantitative estimate of drug-likeness (QED) is 0.320. The van der Waals surface area contributed by atoms with Crippen molar-refractivity contribution < 1.29 is 8.42 Å². The van der Waals surface area contributed by atoms with Gasteiger partial charge >= 0.3 is 0 Å². The summed E-state index contributed by atoms with van der Waals surface area (Å²) in [4.78, 5) is 5.81. The maximum absolute atomic E-state index is 13.3. The Balaban J connectivity index is 1.89. The second kappa shape index (κ2) is 8.04. The molecule has 4 aromatic rings. The lowest BCUT2D eigenvalue weighted by atomic mass is 10.1. The lowest BCUT2D eigenvalue weighted by molar-refractivity contribution is 0.589. The van der Waals surface area contributed by atoms with Crippen molar-refractivity contribution in [3.8, 4) is 11.1 Å². The Kier molecular flexibility index (Phi) is 5.47. The number of thioether (sulfide) groups is 1. The van der Waals surface area contributed by atoms with Crippen molar-refractivity contribution in [1.29, 1.82) is 0 Å². The van der Waals surface area contributed by atoms with Gasteiger partial charge in [-0.25, -0.2) is 17.4 Å². The van der Waals surface area contributed by atoms with Crippen molar-refractivity contribution in [2.24, 2.45) is 7.05 Å². The zero-order valence-electron chi connectivity index (χ0n) is 16.3. The van der Waals surface area contributed by atoms with Gasteiger partial charge in [0.15, 0.2) is 5.65 Å². The van der Waals surface area contributed by atoms with E-state index < -0.39 is 10.0 Å². The monoisotopic (exact) mass is 426 g/mol. The standard InChI is InChI=1S/C21H22N4O2S2/c1-3-4-10-28-17-11-19-20(16-12-23-24(2)14-16)15-25(21(19)22-13-17)29(26,27)18-8-6-5-7-9-18/h5-9,11-15H,3-4,10H2,1-2H3. The zero-order chi connectivity index (χ0) is 20.4. The molecule has 6 nitrogen and oxygen atoms in total. The number of aryl methyl sites for hydroxylation is 1. The molecule has 0 N–H and O–H groups in total. The van der Waals surface area contributed by atoms with E-state index in [9.17, 15) is 8.42 Å². The Hall–Kier alpha value is -2.58. The van der Waals surface area contributed by atoms with E-state index in [0.717, 1.165) is 40.0 Å². The molecule has 0 spiro atoms. The van der Waals surface area contributed by atoms with Crippen molar-refractivity contribution in [2.45, 2.75) is 29.6 Å². The summed E-state index contributed by atoms with van der Waals surface area (Å²) in [6.45, 7) is 2.16. The third-order valence-corrected chi connectivity index (χ3v) is 7.38. The number of unbranched alkanes of at least 4 members (excludes halogenated alkanes) is 1. The van der Waals surface area contributed by atoms with Crippen molar-refractivity contribution >= 4 is 32.8 Å². The lowest BCUT2D eigenvalue weighted by Gasteiger charge is -2.07. The first-order valence-corrected chi connectivity index (χ1v) is 11.9. The number of nitrogens with zero attached hydrogens (tertiary/aromatic N) is 4. The zero-order valence-corrected chi connectivity index (χ0v) is 17.9. The fourth-order valence-electron chi connectivity index (χ4n) is 3.15.